The Hall–Kier alpha value is -0.614. The van der Waals surface area contributed by atoms with E-state index in [0.717, 1.165) is 11.8 Å². The van der Waals surface area contributed by atoms with Gasteiger partial charge in [-0.1, -0.05) is 11.6 Å². The number of rotatable bonds is 6. The molecular weight excluding hydrogens is 379 g/mol. The van der Waals surface area contributed by atoms with E-state index in [1.165, 1.54) is 25.4 Å². The quantitative estimate of drug-likeness (QED) is 0.539. The van der Waals surface area contributed by atoms with Crippen LogP contribution < -0.4 is 61.4 Å². The molecule has 2 N–H and O–H groups in total. The summed E-state index contributed by atoms with van der Waals surface area (Å²) in [6.45, 7) is -0.0308. The van der Waals surface area contributed by atoms with Crippen molar-refractivity contribution in [2.75, 3.05) is 19.0 Å². The van der Waals surface area contributed by atoms with Gasteiger partial charge in [-0.15, -0.1) is 0 Å². The van der Waals surface area contributed by atoms with E-state index in [2.05, 4.69) is 10.3 Å². The molecule has 0 fully saturated rings. The van der Waals surface area contributed by atoms with Gasteiger partial charge in [-0.05, 0) is 42.1 Å². The molecule has 0 spiro atoms. The second kappa shape index (κ2) is 10.4. The number of aromatic carboxylic acids is 1. The number of thioether (sulfide) groups is 1. The molecule has 0 radical (unpaired) electrons. The molecule has 0 aliphatic heterocycles. The minimum Gasteiger partial charge on any atom is -1.00 e. The number of nitrogens with one attached hydrogen (secondary N) is 1. The summed E-state index contributed by atoms with van der Waals surface area (Å²) in [7, 11) is 1.51. The van der Waals surface area contributed by atoms with Crippen molar-refractivity contribution in [3.8, 4) is 5.75 Å². The fourth-order valence-corrected chi connectivity index (χ4v) is 2.68. The molecule has 2 rings (SSSR count). The van der Waals surface area contributed by atoms with Gasteiger partial charge in [0.15, 0.2) is 0 Å². The van der Waals surface area contributed by atoms with Crippen molar-refractivity contribution in [3.63, 3.8) is 0 Å². The summed E-state index contributed by atoms with van der Waals surface area (Å²) >= 11 is 6.68. The fourth-order valence-electron chi connectivity index (χ4n) is 1.76. The van der Waals surface area contributed by atoms with E-state index < -0.39 is 5.97 Å². The van der Waals surface area contributed by atoms with Crippen LogP contribution in [0, 0.1) is 0 Å². The molecule has 1 aromatic heterocycles. The number of pyridine rings is 1. The van der Waals surface area contributed by atoms with Crippen molar-refractivity contribution < 1.29 is 72.2 Å². The zero-order chi connectivity index (χ0) is 16.8. The van der Waals surface area contributed by atoms with Gasteiger partial charge in [-0.3, -0.25) is 4.79 Å². The Morgan fingerprint density at radius 1 is 1.42 bits per heavy atom. The molecule has 0 aliphatic rings. The molecule has 6 nitrogen and oxygen atoms in total. The monoisotopic (exact) mass is 392 g/mol. The van der Waals surface area contributed by atoms with Gasteiger partial charge in [0.25, 0.3) is 0 Å². The molecule has 0 saturated heterocycles. The molecule has 9 heteroatoms. The largest absolute Gasteiger partial charge is 1.00 e. The smallest absolute Gasteiger partial charge is 1.00 e. The van der Waals surface area contributed by atoms with E-state index in [1.807, 2.05) is 0 Å². The number of carbonyl (C=O) groups is 2. The number of carbonyl (C=O) groups excluding carboxylic acids is 1. The average molecular weight is 393 g/mol. The number of methoxy groups -OCH3 is 1. The normalized spacial score (nSPS) is 9.75. The first-order valence-electron chi connectivity index (χ1n) is 6.47. The summed E-state index contributed by atoms with van der Waals surface area (Å²) in [5, 5.41) is 12.4. The number of halogens is 1. The third kappa shape index (κ3) is 6.03. The number of carboxylic acid groups (broad SMARTS) is 1. The number of carboxylic acids is 1. The summed E-state index contributed by atoms with van der Waals surface area (Å²) in [6.07, 6.45) is 1.44. The van der Waals surface area contributed by atoms with Gasteiger partial charge < -0.3 is 16.6 Å². The zero-order valence-corrected chi connectivity index (χ0v) is 17.8. The van der Waals surface area contributed by atoms with Gasteiger partial charge in [0.2, 0.25) is 5.12 Å². The fraction of sp³-hybridized carbons (Fsp3) is 0.133. The predicted molar refractivity (Wildman–Crippen MR) is 89.7 cm³/mol. The Bertz CT molecular complexity index is 751. The van der Waals surface area contributed by atoms with Crippen molar-refractivity contribution in [1.82, 2.24) is 4.98 Å². The summed E-state index contributed by atoms with van der Waals surface area (Å²) in [4.78, 5) is 27.1. The topological polar surface area (TPSA) is 88.5 Å². The van der Waals surface area contributed by atoms with Gasteiger partial charge in [-0.2, -0.15) is 0 Å². The minimum atomic E-state index is -1.13. The maximum Gasteiger partial charge on any atom is 1.00 e. The maximum absolute atomic E-state index is 12.0. The van der Waals surface area contributed by atoms with Crippen LogP contribution in [0.4, 0.5) is 5.69 Å². The van der Waals surface area contributed by atoms with Crippen molar-refractivity contribution in [1.29, 1.82) is 0 Å². The Balaban J connectivity index is 0.00000288. The molecule has 2 aromatic rings. The Morgan fingerprint density at radius 3 is 2.83 bits per heavy atom. The van der Waals surface area contributed by atoms with E-state index in [9.17, 15) is 9.59 Å². The van der Waals surface area contributed by atoms with Crippen molar-refractivity contribution in [2.24, 2.45) is 0 Å². The van der Waals surface area contributed by atoms with Gasteiger partial charge in [0.1, 0.15) is 10.8 Å². The van der Waals surface area contributed by atoms with Crippen molar-refractivity contribution in [2.45, 2.75) is 5.03 Å². The van der Waals surface area contributed by atoms with Crippen LogP contribution in [0.1, 0.15) is 11.8 Å². The van der Waals surface area contributed by atoms with Gasteiger partial charge in [0, 0.05) is 11.2 Å². The molecule has 0 bridgehead atoms. The maximum atomic E-state index is 12.0. The van der Waals surface area contributed by atoms with E-state index in [1.54, 1.807) is 18.2 Å². The average Bonchev–Trinajstić information content (AvgIpc) is 2.53. The summed E-state index contributed by atoms with van der Waals surface area (Å²) in [5.74, 6) is -0.575. The first kappa shape index (κ1) is 21.4. The molecule has 1 aromatic carbocycles. The number of hydrogen-bond acceptors (Lipinski definition) is 6. The van der Waals surface area contributed by atoms with E-state index in [4.69, 9.17) is 21.4 Å². The summed E-state index contributed by atoms with van der Waals surface area (Å²) in [6, 6.07) is 7.91. The van der Waals surface area contributed by atoms with Crippen LogP contribution in [0.5, 0.6) is 5.75 Å². The second-order valence-electron chi connectivity index (χ2n) is 4.33. The van der Waals surface area contributed by atoms with Crippen LogP contribution >= 0.6 is 23.4 Å². The molecule has 0 atom stereocenters. The zero-order valence-electron chi connectivity index (χ0n) is 14.1. The summed E-state index contributed by atoms with van der Waals surface area (Å²) in [5.41, 5.74) is 0.569. The van der Waals surface area contributed by atoms with E-state index in [-0.39, 0.29) is 75.1 Å². The Morgan fingerprint density at radius 2 is 2.17 bits per heavy atom. The first-order chi connectivity index (χ1) is 11.0. The summed E-state index contributed by atoms with van der Waals surface area (Å²) < 4.78 is 5.17. The molecule has 0 aliphatic carbocycles. The van der Waals surface area contributed by atoms with Gasteiger partial charge >= 0.3 is 57.4 Å². The minimum absolute atomic E-state index is 0. The van der Waals surface area contributed by atoms with Gasteiger partial charge in [0.05, 0.1) is 24.9 Å². The Kier molecular flexibility index (Phi) is 9.28. The number of hydrogen-bond donors (Lipinski definition) is 2. The predicted octanol–water partition coefficient (Wildman–Crippen LogP) is 0.289. The third-order valence-corrected chi connectivity index (χ3v) is 3.92. The second-order valence-corrected chi connectivity index (χ2v) is 5.82. The van der Waals surface area contributed by atoms with Crippen LogP contribution in [-0.2, 0) is 4.79 Å². The number of benzene rings is 1. The molecule has 0 amide bonds. The number of aromatic nitrogens is 1. The van der Waals surface area contributed by atoms with E-state index >= 15 is 0 Å². The molecular formula is C15H14ClKN2O4S. The van der Waals surface area contributed by atoms with E-state index in [0.29, 0.717) is 16.5 Å². The Labute approximate surface area is 192 Å². The van der Waals surface area contributed by atoms with Crippen LogP contribution in [0.15, 0.2) is 41.6 Å². The van der Waals surface area contributed by atoms with Crippen LogP contribution in [0.3, 0.4) is 0 Å². The molecule has 0 unspecified atom stereocenters. The molecule has 122 valence electrons. The third-order valence-electron chi connectivity index (χ3n) is 2.80. The van der Waals surface area contributed by atoms with Crippen LogP contribution in [-0.4, -0.2) is 34.8 Å². The van der Waals surface area contributed by atoms with Crippen LogP contribution in [0.25, 0.3) is 0 Å². The number of anilines is 1. The van der Waals surface area contributed by atoms with Crippen molar-refractivity contribution >= 4 is 40.1 Å². The van der Waals surface area contributed by atoms with Gasteiger partial charge in [-0.25, -0.2) is 9.78 Å². The first-order valence-corrected chi connectivity index (χ1v) is 7.67. The molecule has 24 heavy (non-hydrogen) atoms. The number of nitrogens with zero attached hydrogens (tertiary/aromatic N) is 1. The number of ether oxygens (including phenoxy) is 1. The van der Waals surface area contributed by atoms with Crippen molar-refractivity contribution in [3.05, 3.63) is 47.1 Å². The molecule has 0 saturated carbocycles. The molecule has 1 heterocycles. The standard InChI is InChI=1S/C15H13ClN2O4S.K.H/c1-22-12-5-4-9(16)7-11(12)18-8-13(19)23-14-10(15(20)21)3-2-6-17-14;;/h2-7,18H,8H2,1H3,(H,20,21);;/q;+1;-1. The SMILES string of the molecule is COc1ccc(Cl)cc1NCC(=O)Sc1ncccc1C(=O)O.[H-].[K+]. The van der Waals surface area contributed by atoms with Crippen LogP contribution in [0.2, 0.25) is 5.02 Å².